The van der Waals surface area contributed by atoms with Crippen molar-refractivity contribution in [3.05, 3.63) is 27.1 Å². The largest absolute Gasteiger partial charge is 0.337 e. The summed E-state index contributed by atoms with van der Waals surface area (Å²) in [6, 6.07) is 1.34. The predicted molar refractivity (Wildman–Crippen MR) is 66.7 cm³/mol. The minimum atomic E-state index is -0.489. The first-order valence-electron chi connectivity index (χ1n) is 4.85. The van der Waals surface area contributed by atoms with Crippen LogP contribution in [0, 0.1) is 10.1 Å². The van der Waals surface area contributed by atoms with E-state index < -0.39 is 4.92 Å². The second kappa shape index (κ2) is 5.44. The van der Waals surface area contributed by atoms with Gasteiger partial charge in [0.2, 0.25) is 0 Å². The summed E-state index contributed by atoms with van der Waals surface area (Å²) < 4.78 is 0. The first-order valence-corrected chi connectivity index (χ1v) is 5.73. The third-order valence-electron chi connectivity index (χ3n) is 2.52. The smallest absolute Gasteiger partial charge is 0.324 e. The molecule has 0 aromatic carbocycles. The van der Waals surface area contributed by atoms with E-state index in [2.05, 4.69) is 0 Å². The fraction of sp³-hybridized carbons (Fsp3) is 0.444. The van der Waals surface area contributed by atoms with Crippen LogP contribution >= 0.6 is 23.7 Å². The molecule has 2 rings (SSSR count). The molecule has 17 heavy (non-hydrogen) atoms. The maximum atomic E-state index is 11.9. The van der Waals surface area contributed by atoms with Crippen molar-refractivity contribution in [2.24, 2.45) is 5.73 Å². The van der Waals surface area contributed by atoms with Crippen LogP contribution < -0.4 is 5.73 Å². The first kappa shape index (κ1) is 13.9. The molecule has 6 nitrogen and oxygen atoms in total. The molecule has 1 aliphatic rings. The molecule has 1 aliphatic heterocycles. The number of rotatable bonds is 2. The average molecular weight is 278 g/mol. The van der Waals surface area contributed by atoms with E-state index in [9.17, 15) is 14.9 Å². The van der Waals surface area contributed by atoms with Gasteiger partial charge in [-0.15, -0.1) is 12.4 Å². The SMILES string of the molecule is Cl.N[C@H]1CCN(C(=O)c2csc([N+](=O)[O-])c2)C1. The summed E-state index contributed by atoms with van der Waals surface area (Å²) in [5.74, 6) is -0.169. The highest BCUT2D eigenvalue weighted by molar-refractivity contribution is 7.13. The van der Waals surface area contributed by atoms with Crippen LogP contribution in [0.25, 0.3) is 0 Å². The van der Waals surface area contributed by atoms with E-state index in [1.54, 1.807) is 4.90 Å². The van der Waals surface area contributed by atoms with Crippen molar-refractivity contribution >= 4 is 34.7 Å². The summed E-state index contributed by atoms with van der Waals surface area (Å²) in [5, 5.41) is 12.0. The highest BCUT2D eigenvalue weighted by atomic mass is 35.5. The van der Waals surface area contributed by atoms with Gasteiger partial charge in [-0.05, 0) is 6.42 Å². The lowest BCUT2D eigenvalue weighted by Gasteiger charge is -2.14. The van der Waals surface area contributed by atoms with Gasteiger partial charge < -0.3 is 10.6 Å². The number of hydrogen-bond donors (Lipinski definition) is 1. The van der Waals surface area contributed by atoms with Gasteiger partial charge in [-0.3, -0.25) is 14.9 Å². The Morgan fingerprint density at radius 2 is 2.35 bits per heavy atom. The Hall–Kier alpha value is -1.18. The molecule has 1 aromatic rings. The zero-order valence-corrected chi connectivity index (χ0v) is 10.5. The van der Waals surface area contributed by atoms with E-state index in [4.69, 9.17) is 5.73 Å². The Bertz CT molecular complexity index is 437. The van der Waals surface area contributed by atoms with Gasteiger partial charge in [-0.2, -0.15) is 0 Å². The van der Waals surface area contributed by atoms with Gasteiger partial charge in [-0.25, -0.2) is 0 Å². The van der Waals surface area contributed by atoms with Gasteiger partial charge in [0, 0.05) is 30.6 Å². The maximum Gasteiger partial charge on any atom is 0.324 e. The average Bonchev–Trinajstić information content (AvgIpc) is 2.84. The van der Waals surface area contributed by atoms with E-state index in [-0.39, 0.29) is 29.4 Å². The molecule has 0 spiro atoms. The van der Waals surface area contributed by atoms with Crippen LogP contribution in [0.5, 0.6) is 0 Å². The molecule has 0 bridgehead atoms. The number of nitro groups is 1. The van der Waals surface area contributed by atoms with Crippen LogP contribution in [-0.2, 0) is 0 Å². The third-order valence-corrected chi connectivity index (χ3v) is 3.40. The van der Waals surface area contributed by atoms with E-state index in [1.807, 2.05) is 0 Å². The number of carbonyl (C=O) groups is 1. The standard InChI is InChI=1S/C9H11N3O3S.ClH/c10-7-1-2-11(4-7)9(13)6-3-8(12(14)15)16-5-6;/h3,5,7H,1-2,4,10H2;1H/t7-;/m0./s1. The Labute approximate surface area is 108 Å². The Morgan fingerprint density at radius 3 is 2.82 bits per heavy atom. The summed E-state index contributed by atoms with van der Waals surface area (Å²) in [7, 11) is 0. The monoisotopic (exact) mass is 277 g/mol. The first-order chi connectivity index (χ1) is 7.58. The fourth-order valence-electron chi connectivity index (χ4n) is 1.69. The number of halogens is 1. The molecule has 1 saturated heterocycles. The highest BCUT2D eigenvalue weighted by Gasteiger charge is 2.26. The summed E-state index contributed by atoms with van der Waals surface area (Å²) >= 11 is 0.968. The van der Waals surface area contributed by atoms with Crippen LogP contribution in [0.2, 0.25) is 0 Å². The molecule has 1 fully saturated rings. The van der Waals surface area contributed by atoms with Crippen LogP contribution in [-0.4, -0.2) is 34.9 Å². The summed E-state index contributed by atoms with van der Waals surface area (Å²) in [4.78, 5) is 23.5. The molecule has 0 aliphatic carbocycles. The predicted octanol–water partition coefficient (Wildman–Crippen LogP) is 1.25. The number of thiophene rings is 1. The van der Waals surface area contributed by atoms with Gasteiger partial charge in [-0.1, -0.05) is 11.3 Å². The van der Waals surface area contributed by atoms with E-state index >= 15 is 0 Å². The lowest BCUT2D eigenvalue weighted by atomic mass is 10.3. The molecule has 1 aromatic heterocycles. The second-order valence-corrected chi connectivity index (χ2v) is 4.62. The highest BCUT2D eigenvalue weighted by Crippen LogP contribution is 2.24. The second-order valence-electron chi connectivity index (χ2n) is 3.73. The molecule has 0 saturated carbocycles. The number of nitrogens with zero attached hydrogens (tertiary/aromatic N) is 2. The van der Waals surface area contributed by atoms with Crippen molar-refractivity contribution in [1.82, 2.24) is 4.90 Å². The molecule has 94 valence electrons. The van der Waals surface area contributed by atoms with E-state index in [0.717, 1.165) is 17.8 Å². The maximum absolute atomic E-state index is 11.9. The summed E-state index contributed by atoms with van der Waals surface area (Å²) in [6.07, 6.45) is 0.790. The molecule has 1 atom stereocenters. The number of hydrogen-bond acceptors (Lipinski definition) is 5. The molecule has 2 heterocycles. The van der Waals surface area contributed by atoms with Crippen LogP contribution in [0.4, 0.5) is 5.00 Å². The number of carbonyl (C=O) groups excluding carboxylic acids is 1. The Balaban J connectivity index is 0.00000144. The zero-order valence-electron chi connectivity index (χ0n) is 8.87. The molecular formula is C9H12ClN3O3S. The van der Waals surface area contributed by atoms with Crippen molar-refractivity contribution in [2.45, 2.75) is 12.5 Å². The van der Waals surface area contributed by atoms with Crippen LogP contribution in [0.15, 0.2) is 11.4 Å². The lowest BCUT2D eigenvalue weighted by molar-refractivity contribution is -0.380. The Kier molecular flexibility index (Phi) is 4.44. The van der Waals surface area contributed by atoms with E-state index in [1.165, 1.54) is 11.4 Å². The molecule has 1 amide bonds. The van der Waals surface area contributed by atoms with Crippen molar-refractivity contribution in [1.29, 1.82) is 0 Å². The lowest BCUT2D eigenvalue weighted by Crippen LogP contribution is -2.31. The topological polar surface area (TPSA) is 89.5 Å². The van der Waals surface area contributed by atoms with Gasteiger partial charge in [0.05, 0.1) is 10.5 Å². The quantitative estimate of drug-likeness (QED) is 0.651. The number of amides is 1. The zero-order chi connectivity index (χ0) is 11.7. The molecule has 8 heteroatoms. The summed E-state index contributed by atoms with van der Waals surface area (Å²) in [6.45, 7) is 1.16. The minimum Gasteiger partial charge on any atom is -0.337 e. The molecule has 0 radical (unpaired) electrons. The van der Waals surface area contributed by atoms with Crippen LogP contribution in [0.3, 0.4) is 0 Å². The van der Waals surface area contributed by atoms with Gasteiger partial charge in [0.1, 0.15) is 0 Å². The van der Waals surface area contributed by atoms with Crippen molar-refractivity contribution < 1.29 is 9.72 Å². The number of nitrogens with two attached hydrogens (primary N) is 1. The summed E-state index contributed by atoms with van der Waals surface area (Å²) in [5.41, 5.74) is 6.08. The normalized spacial score (nSPS) is 18.9. The van der Waals surface area contributed by atoms with E-state index in [0.29, 0.717) is 18.7 Å². The van der Waals surface area contributed by atoms with Crippen LogP contribution in [0.1, 0.15) is 16.8 Å². The third kappa shape index (κ3) is 2.93. The minimum absolute atomic E-state index is 0. The fourth-order valence-corrected chi connectivity index (χ4v) is 2.38. The Morgan fingerprint density at radius 1 is 1.65 bits per heavy atom. The van der Waals surface area contributed by atoms with Gasteiger partial charge in [0.15, 0.2) is 0 Å². The van der Waals surface area contributed by atoms with Gasteiger partial charge in [0.25, 0.3) is 5.91 Å². The molecule has 0 unspecified atom stereocenters. The van der Waals surface area contributed by atoms with Gasteiger partial charge >= 0.3 is 5.00 Å². The number of likely N-dealkylation sites (tertiary alicyclic amines) is 1. The van der Waals surface area contributed by atoms with Crippen molar-refractivity contribution in [3.8, 4) is 0 Å². The van der Waals surface area contributed by atoms with Crippen molar-refractivity contribution in [3.63, 3.8) is 0 Å². The molecule has 2 N–H and O–H groups in total. The molecular weight excluding hydrogens is 266 g/mol. The van der Waals surface area contributed by atoms with Crippen molar-refractivity contribution in [2.75, 3.05) is 13.1 Å².